The van der Waals surface area contributed by atoms with Crippen LogP contribution in [0.25, 0.3) is 0 Å². The number of hydrogen-bond acceptors (Lipinski definition) is 5. The first-order valence-corrected chi connectivity index (χ1v) is 11.3. The average Bonchev–Trinajstić information content (AvgIpc) is 3.50. The van der Waals surface area contributed by atoms with Crippen molar-refractivity contribution < 1.29 is 18.6 Å². The first-order valence-electron chi connectivity index (χ1n) is 11.3. The van der Waals surface area contributed by atoms with Crippen molar-refractivity contribution in [1.82, 2.24) is 10.6 Å². The molecule has 176 valence electrons. The molecule has 0 saturated carbocycles. The fraction of sp³-hybridized carbons (Fsp3) is 0.542. The molecule has 2 aromatic rings. The Morgan fingerprint density at radius 3 is 2.91 bits per heavy atom. The van der Waals surface area contributed by atoms with E-state index in [9.17, 15) is 0 Å². The van der Waals surface area contributed by atoms with Crippen LogP contribution in [0.4, 0.5) is 0 Å². The first-order chi connectivity index (χ1) is 15.4. The predicted molar refractivity (Wildman–Crippen MR) is 135 cm³/mol. The molecule has 1 aromatic heterocycles. The number of nitrogens with zero attached hydrogens (tertiary/aromatic N) is 1. The highest BCUT2D eigenvalue weighted by Crippen LogP contribution is 2.31. The number of nitrogens with one attached hydrogen (secondary N) is 2. The fourth-order valence-electron chi connectivity index (χ4n) is 3.89. The Hall–Kier alpha value is -1.78. The monoisotopic (exact) mass is 555 g/mol. The zero-order chi connectivity index (χ0) is 21.1. The molecule has 3 heterocycles. The summed E-state index contributed by atoms with van der Waals surface area (Å²) in [6.07, 6.45) is 5.42. The highest BCUT2D eigenvalue weighted by atomic mass is 127. The van der Waals surface area contributed by atoms with E-state index >= 15 is 0 Å². The van der Waals surface area contributed by atoms with Crippen molar-refractivity contribution in [3.8, 4) is 5.75 Å². The molecule has 8 heteroatoms. The minimum absolute atomic E-state index is 0. The van der Waals surface area contributed by atoms with E-state index in [4.69, 9.17) is 23.6 Å². The molecule has 2 aliphatic heterocycles. The normalized spacial score (nSPS) is 20.2. The van der Waals surface area contributed by atoms with E-state index in [1.807, 2.05) is 24.3 Å². The van der Waals surface area contributed by atoms with Gasteiger partial charge in [0, 0.05) is 50.6 Å². The van der Waals surface area contributed by atoms with Crippen LogP contribution in [-0.2, 0) is 15.9 Å². The number of halogens is 1. The lowest BCUT2D eigenvalue weighted by Crippen LogP contribution is -2.42. The van der Waals surface area contributed by atoms with E-state index in [-0.39, 0.29) is 30.0 Å². The van der Waals surface area contributed by atoms with Crippen molar-refractivity contribution in [2.45, 2.75) is 31.7 Å². The van der Waals surface area contributed by atoms with E-state index in [0.717, 1.165) is 76.1 Å². The third kappa shape index (κ3) is 7.67. The molecule has 0 aliphatic carbocycles. The highest BCUT2D eigenvalue weighted by Gasteiger charge is 2.22. The molecule has 0 spiro atoms. The number of furan rings is 1. The van der Waals surface area contributed by atoms with Crippen LogP contribution in [0.2, 0.25) is 0 Å². The maximum atomic E-state index is 5.81. The Balaban J connectivity index is 0.00000289. The summed E-state index contributed by atoms with van der Waals surface area (Å²) < 4.78 is 22.4. The van der Waals surface area contributed by atoms with Gasteiger partial charge in [0.2, 0.25) is 0 Å². The van der Waals surface area contributed by atoms with E-state index < -0.39 is 0 Å². The van der Waals surface area contributed by atoms with Gasteiger partial charge in [0.05, 0.1) is 32.1 Å². The molecule has 0 amide bonds. The summed E-state index contributed by atoms with van der Waals surface area (Å²) in [5, 5.41) is 7.05. The second-order valence-corrected chi connectivity index (χ2v) is 8.02. The number of guanidine groups is 1. The second kappa shape index (κ2) is 13.7. The van der Waals surface area contributed by atoms with E-state index in [1.54, 1.807) is 6.26 Å². The standard InChI is InChI=1S/C24H33N3O4.HI/c1-2-7-23-21(6-1)22(10-16-31-23)27-24(26-12-8-20-5-3-14-30-20)25-11-4-13-28-17-19-9-15-29-18-19;/h1-3,5-7,14,19,22H,4,8-13,15-18H2,(H2,25,26,27);1H. The molecule has 7 nitrogen and oxygen atoms in total. The zero-order valence-corrected chi connectivity index (χ0v) is 20.8. The van der Waals surface area contributed by atoms with Crippen molar-refractivity contribution in [3.05, 3.63) is 54.0 Å². The minimum atomic E-state index is 0. The van der Waals surface area contributed by atoms with Gasteiger partial charge in [0.25, 0.3) is 0 Å². The highest BCUT2D eigenvalue weighted by molar-refractivity contribution is 14.0. The fourth-order valence-corrected chi connectivity index (χ4v) is 3.89. The number of ether oxygens (including phenoxy) is 3. The molecule has 32 heavy (non-hydrogen) atoms. The smallest absolute Gasteiger partial charge is 0.191 e. The van der Waals surface area contributed by atoms with Crippen LogP contribution >= 0.6 is 24.0 Å². The third-order valence-electron chi connectivity index (χ3n) is 5.61. The average molecular weight is 555 g/mol. The van der Waals surface area contributed by atoms with Crippen molar-refractivity contribution in [1.29, 1.82) is 0 Å². The van der Waals surface area contributed by atoms with Gasteiger partial charge >= 0.3 is 0 Å². The Bertz CT molecular complexity index is 809. The summed E-state index contributed by atoms with van der Waals surface area (Å²) in [5.74, 6) is 3.29. The predicted octanol–water partition coefficient (Wildman–Crippen LogP) is 3.94. The van der Waals surface area contributed by atoms with Gasteiger partial charge in [-0.25, -0.2) is 0 Å². The first kappa shape index (κ1) is 24.9. The van der Waals surface area contributed by atoms with Crippen LogP contribution in [0.1, 0.15) is 36.6 Å². The molecule has 2 atom stereocenters. The Morgan fingerprint density at radius 2 is 2.06 bits per heavy atom. The van der Waals surface area contributed by atoms with Gasteiger partial charge in [0.15, 0.2) is 5.96 Å². The van der Waals surface area contributed by atoms with Gasteiger partial charge in [-0.2, -0.15) is 0 Å². The Morgan fingerprint density at radius 1 is 1.12 bits per heavy atom. The molecule has 0 bridgehead atoms. The van der Waals surface area contributed by atoms with E-state index in [2.05, 4.69) is 22.8 Å². The molecule has 1 saturated heterocycles. The second-order valence-electron chi connectivity index (χ2n) is 8.02. The lowest BCUT2D eigenvalue weighted by atomic mass is 10.0. The summed E-state index contributed by atoms with van der Waals surface area (Å²) in [7, 11) is 0. The Labute approximate surface area is 207 Å². The van der Waals surface area contributed by atoms with Gasteiger partial charge in [-0.05, 0) is 31.0 Å². The summed E-state index contributed by atoms with van der Waals surface area (Å²) in [5.41, 5.74) is 1.18. The Kier molecular flexibility index (Phi) is 10.6. The molecule has 1 fully saturated rings. The molecule has 4 rings (SSSR count). The molecule has 0 radical (unpaired) electrons. The van der Waals surface area contributed by atoms with Gasteiger partial charge in [0.1, 0.15) is 11.5 Å². The molecule has 2 aliphatic rings. The van der Waals surface area contributed by atoms with Gasteiger partial charge in [-0.1, -0.05) is 18.2 Å². The number of hydrogen-bond donors (Lipinski definition) is 2. The number of para-hydroxylation sites is 1. The van der Waals surface area contributed by atoms with Crippen molar-refractivity contribution in [2.24, 2.45) is 10.9 Å². The third-order valence-corrected chi connectivity index (χ3v) is 5.61. The van der Waals surface area contributed by atoms with Crippen LogP contribution in [0.15, 0.2) is 52.1 Å². The molecule has 2 N–H and O–H groups in total. The lowest BCUT2D eigenvalue weighted by molar-refractivity contribution is 0.0893. The number of benzene rings is 1. The summed E-state index contributed by atoms with van der Waals surface area (Å²) >= 11 is 0. The largest absolute Gasteiger partial charge is 0.493 e. The van der Waals surface area contributed by atoms with Crippen LogP contribution in [0.3, 0.4) is 0 Å². The maximum absolute atomic E-state index is 5.81. The maximum Gasteiger partial charge on any atom is 0.191 e. The van der Waals surface area contributed by atoms with Gasteiger partial charge in [-0.15, -0.1) is 24.0 Å². The summed E-state index contributed by atoms with van der Waals surface area (Å²) in [4.78, 5) is 4.80. The number of rotatable bonds is 10. The SMILES string of the molecule is I.c1coc(CCNC(=NCCCOCC2CCOC2)NC2CCOc3ccccc32)c1. The molecular weight excluding hydrogens is 521 g/mol. The topological polar surface area (TPSA) is 77.3 Å². The van der Waals surface area contributed by atoms with E-state index in [0.29, 0.717) is 19.1 Å². The lowest BCUT2D eigenvalue weighted by Gasteiger charge is -2.28. The molecule has 2 unspecified atom stereocenters. The van der Waals surface area contributed by atoms with E-state index in [1.165, 1.54) is 5.56 Å². The van der Waals surface area contributed by atoms with Crippen LogP contribution in [0.5, 0.6) is 5.75 Å². The number of fused-ring (bicyclic) bond motifs is 1. The van der Waals surface area contributed by atoms with Crippen LogP contribution in [-0.4, -0.2) is 52.1 Å². The van der Waals surface area contributed by atoms with Crippen molar-refractivity contribution in [2.75, 3.05) is 46.1 Å². The summed E-state index contributed by atoms with van der Waals surface area (Å²) in [6.45, 7) is 5.37. The van der Waals surface area contributed by atoms with Crippen molar-refractivity contribution in [3.63, 3.8) is 0 Å². The minimum Gasteiger partial charge on any atom is -0.493 e. The van der Waals surface area contributed by atoms with Gasteiger partial charge < -0.3 is 29.3 Å². The quantitative estimate of drug-likeness (QED) is 0.200. The van der Waals surface area contributed by atoms with Crippen LogP contribution < -0.4 is 15.4 Å². The van der Waals surface area contributed by atoms with Crippen molar-refractivity contribution >= 4 is 29.9 Å². The van der Waals surface area contributed by atoms with Gasteiger partial charge in [-0.3, -0.25) is 4.99 Å². The summed E-state index contributed by atoms with van der Waals surface area (Å²) in [6, 6.07) is 12.3. The molecule has 1 aromatic carbocycles. The number of aliphatic imine (C=N–C) groups is 1. The zero-order valence-electron chi connectivity index (χ0n) is 18.5. The molecular formula is C24H34IN3O4. The van der Waals surface area contributed by atoms with Crippen LogP contribution in [0, 0.1) is 5.92 Å².